The number of nitrogens with zero attached hydrogens (tertiary/aromatic N) is 3. The Labute approximate surface area is 134 Å². The first kappa shape index (κ1) is 16.4. The molecule has 1 amide bonds. The van der Waals surface area contributed by atoms with Gasteiger partial charge in [0.05, 0.1) is 5.25 Å². The minimum Gasteiger partial charge on any atom is -0.336 e. The maximum absolute atomic E-state index is 12.2. The highest BCUT2D eigenvalue weighted by Crippen LogP contribution is 2.22. The fraction of sp³-hybridized carbons (Fsp3) is 0.400. The molecule has 0 spiro atoms. The Morgan fingerprint density at radius 1 is 1.23 bits per heavy atom. The molecule has 2 aromatic rings. The Morgan fingerprint density at radius 2 is 1.86 bits per heavy atom. The second-order valence-electron chi connectivity index (χ2n) is 5.43. The zero-order valence-electron chi connectivity index (χ0n) is 13.2. The van der Waals surface area contributed by atoms with Crippen LogP contribution in [0.3, 0.4) is 0 Å². The van der Waals surface area contributed by atoms with Crippen LogP contribution in [-0.4, -0.2) is 26.0 Å². The Morgan fingerprint density at radius 3 is 2.36 bits per heavy atom. The number of aryl methyl sites for hydroxylation is 1. The molecule has 0 aliphatic heterocycles. The Kier molecular flexibility index (Phi) is 5.07. The number of aromatic nitrogens is 3. The second kappa shape index (κ2) is 6.83. The first-order valence-corrected chi connectivity index (χ1v) is 8.01. The van der Waals surface area contributed by atoms with Crippen molar-refractivity contribution in [3.05, 3.63) is 35.7 Å². The molecule has 0 bridgehead atoms. The van der Waals surface area contributed by atoms with E-state index in [1.807, 2.05) is 31.2 Å². The third kappa shape index (κ3) is 3.79. The summed E-state index contributed by atoms with van der Waals surface area (Å²) < 4.78 is 1.38. The van der Waals surface area contributed by atoms with Crippen molar-refractivity contribution in [2.45, 2.75) is 44.0 Å². The van der Waals surface area contributed by atoms with E-state index in [4.69, 9.17) is 5.84 Å². The summed E-state index contributed by atoms with van der Waals surface area (Å²) in [5.74, 6) is 6.77. The third-order valence-electron chi connectivity index (χ3n) is 3.33. The molecule has 1 atom stereocenters. The van der Waals surface area contributed by atoms with E-state index >= 15 is 0 Å². The monoisotopic (exact) mass is 319 g/mol. The van der Waals surface area contributed by atoms with Crippen LogP contribution >= 0.6 is 11.8 Å². The number of carbonyl (C=O) groups excluding carboxylic acids is 1. The molecule has 1 aromatic heterocycles. The number of hydrogen-bond acceptors (Lipinski definition) is 5. The predicted octanol–water partition coefficient (Wildman–Crippen LogP) is 2.54. The van der Waals surface area contributed by atoms with Crippen molar-refractivity contribution in [3.8, 4) is 0 Å². The number of nitrogens with two attached hydrogens (primary N) is 1. The topological polar surface area (TPSA) is 85.8 Å². The molecule has 3 N–H and O–H groups in total. The van der Waals surface area contributed by atoms with E-state index in [0.29, 0.717) is 16.9 Å². The molecular formula is C15H21N5OS. The third-order valence-corrected chi connectivity index (χ3v) is 4.39. The maximum atomic E-state index is 12.2. The van der Waals surface area contributed by atoms with Gasteiger partial charge < -0.3 is 11.2 Å². The minimum atomic E-state index is -0.323. The van der Waals surface area contributed by atoms with Gasteiger partial charge in [-0.3, -0.25) is 4.79 Å². The zero-order chi connectivity index (χ0) is 16.3. The second-order valence-corrected chi connectivity index (χ2v) is 6.73. The Hall–Kier alpha value is -2.02. The van der Waals surface area contributed by atoms with Crippen LogP contribution in [0.25, 0.3) is 0 Å². The van der Waals surface area contributed by atoms with Gasteiger partial charge in [-0.1, -0.05) is 37.7 Å². The molecule has 0 aliphatic carbocycles. The number of hydrogen-bond donors (Lipinski definition) is 2. The number of nitrogens with one attached hydrogen (secondary N) is 1. The summed E-state index contributed by atoms with van der Waals surface area (Å²) in [6.07, 6.45) is 0. The van der Waals surface area contributed by atoms with Crippen LogP contribution < -0.4 is 11.2 Å². The summed E-state index contributed by atoms with van der Waals surface area (Å²) in [5, 5.41) is 10.9. The molecule has 0 aliphatic rings. The highest BCUT2D eigenvalue weighted by Gasteiger charge is 2.18. The molecule has 0 fully saturated rings. The number of thioether (sulfide) groups is 1. The fourth-order valence-electron chi connectivity index (χ4n) is 1.84. The molecule has 22 heavy (non-hydrogen) atoms. The minimum absolute atomic E-state index is 0.0945. The molecule has 6 nitrogen and oxygen atoms in total. The van der Waals surface area contributed by atoms with Crippen molar-refractivity contribution in [1.29, 1.82) is 0 Å². The van der Waals surface area contributed by atoms with E-state index in [9.17, 15) is 4.79 Å². The van der Waals surface area contributed by atoms with Crippen LogP contribution in [0.15, 0.2) is 29.4 Å². The summed E-state index contributed by atoms with van der Waals surface area (Å²) in [4.78, 5) is 12.2. The molecule has 0 unspecified atom stereocenters. The number of anilines is 1. The molecule has 0 saturated carbocycles. The molecule has 0 saturated heterocycles. The van der Waals surface area contributed by atoms with E-state index in [0.717, 1.165) is 5.69 Å². The molecule has 0 radical (unpaired) electrons. The SMILES string of the molecule is Cc1nnc(S[C@@H](C)C(=O)Nc2ccc(C(C)C)cc2)n1N. The van der Waals surface area contributed by atoms with Crippen molar-refractivity contribution < 1.29 is 4.79 Å². The van der Waals surface area contributed by atoms with Crippen LogP contribution in [0.1, 0.15) is 38.1 Å². The highest BCUT2D eigenvalue weighted by molar-refractivity contribution is 8.00. The molecule has 1 heterocycles. The van der Waals surface area contributed by atoms with Gasteiger partial charge in [-0.25, -0.2) is 4.68 Å². The number of amides is 1. The van der Waals surface area contributed by atoms with E-state index in [1.165, 1.54) is 22.0 Å². The van der Waals surface area contributed by atoms with Crippen molar-refractivity contribution in [1.82, 2.24) is 14.9 Å². The van der Waals surface area contributed by atoms with Gasteiger partial charge in [0.15, 0.2) is 0 Å². The summed E-state index contributed by atoms with van der Waals surface area (Å²) in [6.45, 7) is 7.85. The number of rotatable bonds is 5. The van der Waals surface area contributed by atoms with E-state index in [-0.39, 0.29) is 11.2 Å². The van der Waals surface area contributed by atoms with Gasteiger partial charge in [-0.2, -0.15) is 0 Å². The van der Waals surface area contributed by atoms with Crippen molar-refractivity contribution >= 4 is 23.4 Å². The first-order chi connectivity index (χ1) is 10.4. The number of carbonyl (C=O) groups is 1. The Balaban J connectivity index is 1.97. The molecule has 2 rings (SSSR count). The lowest BCUT2D eigenvalue weighted by atomic mass is 10.0. The van der Waals surface area contributed by atoms with Crippen LogP contribution in [0, 0.1) is 6.92 Å². The number of benzene rings is 1. The summed E-state index contributed by atoms with van der Waals surface area (Å²) >= 11 is 1.28. The van der Waals surface area contributed by atoms with Crippen molar-refractivity contribution in [3.63, 3.8) is 0 Å². The van der Waals surface area contributed by atoms with Gasteiger partial charge in [0.1, 0.15) is 5.82 Å². The normalized spacial score (nSPS) is 12.4. The summed E-state index contributed by atoms with van der Waals surface area (Å²) in [5.41, 5.74) is 2.03. The summed E-state index contributed by atoms with van der Waals surface area (Å²) in [7, 11) is 0. The lowest BCUT2D eigenvalue weighted by Crippen LogP contribution is -2.23. The van der Waals surface area contributed by atoms with Crippen molar-refractivity contribution in [2.24, 2.45) is 0 Å². The molecule has 118 valence electrons. The van der Waals surface area contributed by atoms with Crippen LogP contribution in [-0.2, 0) is 4.79 Å². The quantitative estimate of drug-likeness (QED) is 0.653. The van der Waals surface area contributed by atoms with Gasteiger partial charge in [0, 0.05) is 5.69 Å². The van der Waals surface area contributed by atoms with E-state index < -0.39 is 0 Å². The van der Waals surface area contributed by atoms with Gasteiger partial charge >= 0.3 is 0 Å². The van der Waals surface area contributed by atoms with Crippen molar-refractivity contribution in [2.75, 3.05) is 11.2 Å². The zero-order valence-corrected chi connectivity index (χ0v) is 14.0. The van der Waals surface area contributed by atoms with Gasteiger partial charge in [0.2, 0.25) is 11.1 Å². The molecule has 7 heteroatoms. The average Bonchev–Trinajstić information content (AvgIpc) is 2.79. The smallest absolute Gasteiger partial charge is 0.237 e. The van der Waals surface area contributed by atoms with Gasteiger partial charge in [0.25, 0.3) is 0 Å². The van der Waals surface area contributed by atoms with Gasteiger partial charge in [-0.05, 0) is 37.5 Å². The summed E-state index contributed by atoms with van der Waals surface area (Å²) in [6, 6.07) is 7.89. The van der Waals surface area contributed by atoms with Crippen LogP contribution in [0.5, 0.6) is 0 Å². The van der Waals surface area contributed by atoms with E-state index in [2.05, 4.69) is 29.4 Å². The molecular weight excluding hydrogens is 298 g/mol. The van der Waals surface area contributed by atoms with Crippen LogP contribution in [0.4, 0.5) is 5.69 Å². The Bertz CT molecular complexity index is 650. The lowest BCUT2D eigenvalue weighted by molar-refractivity contribution is -0.115. The molecule has 1 aromatic carbocycles. The lowest BCUT2D eigenvalue weighted by Gasteiger charge is -2.12. The standard InChI is InChI=1S/C15H21N5OS/c1-9(2)12-5-7-13(8-6-12)17-14(21)10(3)22-15-19-18-11(4)20(15)16/h5-10H,16H2,1-4H3,(H,17,21)/t10-/m0/s1. The average molecular weight is 319 g/mol. The largest absolute Gasteiger partial charge is 0.336 e. The van der Waals surface area contributed by atoms with E-state index in [1.54, 1.807) is 6.92 Å². The first-order valence-electron chi connectivity index (χ1n) is 7.13. The fourth-order valence-corrected chi connectivity index (χ4v) is 2.65. The van der Waals surface area contributed by atoms with Crippen LogP contribution in [0.2, 0.25) is 0 Å². The maximum Gasteiger partial charge on any atom is 0.237 e. The number of nitrogen functional groups attached to an aromatic ring is 1. The predicted molar refractivity (Wildman–Crippen MR) is 89.4 cm³/mol. The van der Waals surface area contributed by atoms with Gasteiger partial charge in [-0.15, -0.1) is 10.2 Å². The highest BCUT2D eigenvalue weighted by atomic mass is 32.2.